The minimum atomic E-state index is -4.61. The number of fused-ring (bicyclic) bond motifs is 1. The lowest BCUT2D eigenvalue weighted by Crippen LogP contribution is -2.33. The SMILES string of the molecule is C[C@H](N=C1NS(=O)(=O)c2cc(C(F)(F)F)ccc2S1)c1ccccc1. The molecule has 0 fully saturated rings. The highest BCUT2D eigenvalue weighted by Gasteiger charge is 2.35. The molecule has 1 aliphatic rings. The highest BCUT2D eigenvalue weighted by Crippen LogP contribution is 2.37. The molecule has 1 N–H and O–H groups in total. The summed E-state index contributed by atoms with van der Waals surface area (Å²) in [5.74, 6) is 0. The van der Waals surface area contributed by atoms with E-state index in [0.717, 1.165) is 29.5 Å². The van der Waals surface area contributed by atoms with Gasteiger partial charge in [-0.15, -0.1) is 0 Å². The molecule has 0 unspecified atom stereocenters. The Labute approximate surface area is 147 Å². The maximum atomic E-state index is 12.8. The van der Waals surface area contributed by atoms with Crippen molar-refractivity contribution < 1.29 is 21.6 Å². The van der Waals surface area contributed by atoms with Gasteiger partial charge >= 0.3 is 6.18 Å². The summed E-state index contributed by atoms with van der Waals surface area (Å²) < 4.78 is 65.3. The topological polar surface area (TPSA) is 58.5 Å². The first kappa shape index (κ1) is 17.8. The molecule has 0 saturated heterocycles. The van der Waals surface area contributed by atoms with Gasteiger partial charge in [0, 0.05) is 4.90 Å². The number of hydrogen-bond donors (Lipinski definition) is 1. The van der Waals surface area contributed by atoms with Crippen LogP contribution in [0, 0.1) is 0 Å². The molecule has 0 aromatic heterocycles. The summed E-state index contributed by atoms with van der Waals surface area (Å²) in [5, 5.41) is 0.128. The first-order valence-electron chi connectivity index (χ1n) is 7.21. The van der Waals surface area contributed by atoms with Crippen molar-refractivity contribution >= 4 is 27.0 Å². The zero-order chi connectivity index (χ0) is 18.2. The van der Waals surface area contributed by atoms with Crippen molar-refractivity contribution in [3.63, 3.8) is 0 Å². The summed E-state index contributed by atoms with van der Waals surface area (Å²) in [7, 11) is -4.10. The fourth-order valence-electron chi connectivity index (χ4n) is 2.31. The summed E-state index contributed by atoms with van der Waals surface area (Å²) in [6.07, 6.45) is -4.61. The molecule has 25 heavy (non-hydrogen) atoms. The van der Waals surface area contributed by atoms with Gasteiger partial charge in [0.25, 0.3) is 10.0 Å². The van der Waals surface area contributed by atoms with Gasteiger partial charge in [0.05, 0.1) is 11.6 Å². The van der Waals surface area contributed by atoms with Crippen molar-refractivity contribution in [2.45, 2.75) is 28.9 Å². The lowest BCUT2D eigenvalue weighted by atomic mass is 10.1. The molecule has 2 aromatic rings. The second-order valence-corrected chi connectivity index (χ2v) is 8.07. The van der Waals surface area contributed by atoms with Crippen molar-refractivity contribution in [1.82, 2.24) is 4.72 Å². The fraction of sp³-hybridized carbons (Fsp3) is 0.188. The van der Waals surface area contributed by atoms with E-state index in [1.165, 1.54) is 0 Å². The average Bonchev–Trinajstić information content (AvgIpc) is 2.54. The van der Waals surface area contributed by atoms with E-state index in [1.807, 2.05) is 30.3 Å². The lowest BCUT2D eigenvalue weighted by Gasteiger charge is -2.21. The molecule has 0 aliphatic carbocycles. The Bertz CT molecular complexity index is 926. The van der Waals surface area contributed by atoms with Gasteiger partial charge in [-0.25, -0.2) is 8.42 Å². The first-order chi connectivity index (χ1) is 11.7. The number of thioether (sulfide) groups is 1. The Morgan fingerprint density at radius 3 is 2.44 bits per heavy atom. The smallest absolute Gasteiger partial charge is 0.258 e. The molecule has 2 aromatic carbocycles. The number of halogens is 3. The third kappa shape index (κ3) is 3.82. The van der Waals surface area contributed by atoms with Gasteiger partial charge in [0.1, 0.15) is 4.90 Å². The van der Waals surface area contributed by atoms with E-state index < -0.39 is 26.7 Å². The molecule has 1 atom stereocenters. The third-order valence-corrected chi connectivity index (χ3v) is 6.20. The largest absolute Gasteiger partial charge is 0.416 e. The minimum absolute atomic E-state index is 0.128. The van der Waals surface area contributed by atoms with E-state index >= 15 is 0 Å². The number of sulfonamides is 1. The Hall–Kier alpha value is -2.00. The fourth-order valence-corrected chi connectivity index (χ4v) is 4.98. The van der Waals surface area contributed by atoms with Crippen LogP contribution < -0.4 is 4.72 Å². The monoisotopic (exact) mass is 386 g/mol. The van der Waals surface area contributed by atoms with Gasteiger partial charge in [0.15, 0.2) is 5.17 Å². The lowest BCUT2D eigenvalue weighted by molar-refractivity contribution is -0.137. The van der Waals surface area contributed by atoms with Crippen LogP contribution in [0.3, 0.4) is 0 Å². The summed E-state index contributed by atoms with van der Waals surface area (Å²) in [6, 6.07) is 11.6. The van der Waals surface area contributed by atoms with Crippen molar-refractivity contribution in [2.75, 3.05) is 0 Å². The van der Waals surface area contributed by atoms with Crippen LogP contribution in [-0.2, 0) is 16.2 Å². The molecular weight excluding hydrogens is 373 g/mol. The van der Waals surface area contributed by atoms with Crippen LogP contribution in [0.15, 0.2) is 63.3 Å². The second kappa shape index (κ2) is 6.38. The van der Waals surface area contributed by atoms with E-state index in [4.69, 9.17) is 0 Å². The predicted molar refractivity (Wildman–Crippen MR) is 89.9 cm³/mol. The van der Waals surface area contributed by atoms with Crippen molar-refractivity contribution in [2.24, 2.45) is 4.99 Å². The maximum Gasteiger partial charge on any atom is 0.416 e. The number of benzene rings is 2. The third-order valence-electron chi connectivity index (χ3n) is 3.58. The van der Waals surface area contributed by atoms with Gasteiger partial charge in [-0.1, -0.05) is 42.1 Å². The number of rotatable bonds is 2. The number of alkyl halides is 3. The number of nitrogens with zero attached hydrogens (tertiary/aromatic N) is 1. The van der Waals surface area contributed by atoms with Crippen LogP contribution in [-0.4, -0.2) is 13.6 Å². The second-order valence-electron chi connectivity index (χ2n) is 5.39. The summed E-state index contributed by atoms with van der Waals surface area (Å²) in [5.41, 5.74) is -0.108. The Balaban J connectivity index is 1.96. The Morgan fingerprint density at radius 1 is 1.12 bits per heavy atom. The Morgan fingerprint density at radius 2 is 1.80 bits per heavy atom. The molecule has 9 heteroatoms. The van der Waals surface area contributed by atoms with Crippen LogP contribution in [0.2, 0.25) is 0 Å². The highest BCUT2D eigenvalue weighted by atomic mass is 32.2. The van der Waals surface area contributed by atoms with Crippen molar-refractivity contribution in [1.29, 1.82) is 0 Å². The molecule has 0 amide bonds. The van der Waals surface area contributed by atoms with E-state index in [-0.39, 0.29) is 16.1 Å². The average molecular weight is 386 g/mol. The van der Waals surface area contributed by atoms with E-state index in [2.05, 4.69) is 9.71 Å². The van der Waals surface area contributed by atoms with Gasteiger partial charge in [-0.05, 0) is 30.7 Å². The highest BCUT2D eigenvalue weighted by molar-refractivity contribution is 8.16. The van der Waals surface area contributed by atoms with Gasteiger partial charge in [-0.3, -0.25) is 9.71 Å². The van der Waals surface area contributed by atoms with Gasteiger partial charge in [0.2, 0.25) is 0 Å². The summed E-state index contributed by atoms with van der Waals surface area (Å²) in [6.45, 7) is 1.81. The van der Waals surface area contributed by atoms with Crippen molar-refractivity contribution in [3.8, 4) is 0 Å². The maximum absolute atomic E-state index is 12.8. The quantitative estimate of drug-likeness (QED) is 0.841. The van der Waals surface area contributed by atoms with Crippen LogP contribution >= 0.6 is 11.8 Å². The standard InChI is InChI=1S/C16H13F3N2O2S2/c1-10(11-5-3-2-4-6-11)20-15-21-25(22,23)14-9-12(16(17,18)19)7-8-13(14)24-15/h2-10H,1H3,(H,20,21)/t10-/m0/s1. The molecule has 3 rings (SSSR count). The minimum Gasteiger partial charge on any atom is -0.258 e. The summed E-state index contributed by atoms with van der Waals surface area (Å²) in [4.78, 5) is 4.16. The number of aliphatic imine (C=N–C) groups is 1. The van der Waals surface area contributed by atoms with E-state index in [1.54, 1.807) is 6.92 Å². The number of hydrogen-bond acceptors (Lipinski definition) is 4. The zero-order valence-electron chi connectivity index (χ0n) is 12.9. The van der Waals surface area contributed by atoms with Crippen molar-refractivity contribution in [3.05, 3.63) is 59.7 Å². The predicted octanol–water partition coefficient (Wildman–Crippen LogP) is 4.21. The van der Waals surface area contributed by atoms with Crippen LogP contribution in [0.25, 0.3) is 0 Å². The Kier molecular flexibility index (Phi) is 4.54. The molecule has 0 spiro atoms. The molecule has 0 saturated carbocycles. The van der Waals surface area contributed by atoms with E-state index in [9.17, 15) is 21.6 Å². The van der Waals surface area contributed by atoms with E-state index in [0.29, 0.717) is 6.07 Å². The molecule has 1 heterocycles. The van der Waals surface area contributed by atoms with Gasteiger partial charge in [-0.2, -0.15) is 13.2 Å². The number of nitrogens with one attached hydrogen (secondary N) is 1. The zero-order valence-corrected chi connectivity index (χ0v) is 14.5. The number of amidine groups is 1. The first-order valence-corrected chi connectivity index (χ1v) is 9.51. The molecule has 0 bridgehead atoms. The molecule has 4 nitrogen and oxygen atoms in total. The summed E-state index contributed by atoms with van der Waals surface area (Å²) >= 11 is 0.994. The normalized spacial score (nSPS) is 19.1. The van der Waals surface area contributed by atoms with Crippen LogP contribution in [0.1, 0.15) is 24.1 Å². The molecule has 0 radical (unpaired) electrons. The molecule has 1 aliphatic heterocycles. The van der Waals surface area contributed by atoms with Crippen LogP contribution in [0.4, 0.5) is 13.2 Å². The molecule has 132 valence electrons. The molecular formula is C16H13F3N2O2S2. The van der Waals surface area contributed by atoms with Gasteiger partial charge < -0.3 is 0 Å². The van der Waals surface area contributed by atoms with Crippen LogP contribution in [0.5, 0.6) is 0 Å².